The zero-order valence-corrected chi connectivity index (χ0v) is 21.7. The van der Waals surface area contributed by atoms with Gasteiger partial charge >= 0.3 is 0 Å². The molecule has 0 saturated carbocycles. The van der Waals surface area contributed by atoms with Gasteiger partial charge in [0.1, 0.15) is 6.54 Å². The highest BCUT2D eigenvalue weighted by atomic mass is 35.5. The van der Waals surface area contributed by atoms with Crippen molar-refractivity contribution < 1.29 is 9.53 Å². The van der Waals surface area contributed by atoms with Gasteiger partial charge in [-0.2, -0.15) is 0 Å². The van der Waals surface area contributed by atoms with Crippen molar-refractivity contribution in [2.24, 2.45) is 5.73 Å². The van der Waals surface area contributed by atoms with Crippen LogP contribution in [-0.2, 0) is 29.2 Å². The fourth-order valence-electron chi connectivity index (χ4n) is 5.05. The number of carbonyl (C=O) groups excluding carboxylic acids is 1. The van der Waals surface area contributed by atoms with E-state index in [0.717, 1.165) is 52.6 Å². The lowest BCUT2D eigenvalue weighted by molar-refractivity contribution is -0.135. The third-order valence-corrected chi connectivity index (χ3v) is 7.27. The number of rotatable bonds is 10. The number of ether oxygens (including phenoxy) is 1. The van der Waals surface area contributed by atoms with Gasteiger partial charge in [0.2, 0.25) is 5.91 Å². The van der Waals surface area contributed by atoms with Gasteiger partial charge < -0.3 is 19.9 Å². The molecule has 9 heteroatoms. The zero-order valence-electron chi connectivity index (χ0n) is 21.0. The number of amides is 1. The zero-order chi connectivity index (χ0) is 25.6. The molecular weight excluding hydrogens is 488 g/mol. The Morgan fingerprint density at radius 1 is 0.973 bits per heavy atom. The number of hydrogen-bond acceptors (Lipinski definition) is 6. The van der Waals surface area contributed by atoms with Crippen LogP contribution in [0.2, 0.25) is 5.02 Å². The topological polar surface area (TPSA) is 89.5 Å². The van der Waals surface area contributed by atoms with Gasteiger partial charge in [0.15, 0.2) is 0 Å². The first-order valence-electron chi connectivity index (χ1n) is 12.9. The van der Waals surface area contributed by atoms with Crippen LogP contribution in [0.15, 0.2) is 54.9 Å². The van der Waals surface area contributed by atoms with Crippen LogP contribution in [-0.4, -0.2) is 69.6 Å². The summed E-state index contributed by atoms with van der Waals surface area (Å²) in [6, 6.07) is 14.0. The molecule has 1 saturated heterocycles. The molecule has 2 N–H and O–H groups in total. The quantitative estimate of drug-likeness (QED) is 0.320. The Kier molecular flexibility index (Phi) is 8.31. The molecule has 0 unspecified atom stereocenters. The van der Waals surface area contributed by atoms with E-state index in [0.29, 0.717) is 51.0 Å². The number of pyridine rings is 2. The number of hydrogen-bond donors (Lipinski definition) is 1. The summed E-state index contributed by atoms with van der Waals surface area (Å²) in [5.74, 6) is 0.0980. The third kappa shape index (κ3) is 5.78. The average Bonchev–Trinajstić information content (AvgIpc) is 3.25. The van der Waals surface area contributed by atoms with Crippen LogP contribution in [0.3, 0.4) is 0 Å². The summed E-state index contributed by atoms with van der Waals surface area (Å²) in [4.78, 5) is 26.9. The van der Waals surface area contributed by atoms with E-state index in [1.807, 2.05) is 41.4 Å². The van der Waals surface area contributed by atoms with Gasteiger partial charge in [-0.1, -0.05) is 29.8 Å². The molecule has 0 aliphatic carbocycles. The van der Waals surface area contributed by atoms with Crippen LogP contribution in [0.4, 0.5) is 0 Å². The van der Waals surface area contributed by atoms with Crippen molar-refractivity contribution in [3.05, 3.63) is 71.3 Å². The van der Waals surface area contributed by atoms with Gasteiger partial charge in [0, 0.05) is 54.9 Å². The predicted molar refractivity (Wildman–Crippen MR) is 146 cm³/mol. The predicted octanol–water partition coefficient (Wildman–Crippen LogP) is 3.84. The molecule has 0 bridgehead atoms. The van der Waals surface area contributed by atoms with Crippen LogP contribution in [0, 0.1) is 0 Å². The Balaban J connectivity index is 1.52. The molecule has 194 valence electrons. The summed E-state index contributed by atoms with van der Waals surface area (Å²) in [6.45, 7) is 5.40. The van der Waals surface area contributed by atoms with E-state index in [1.165, 1.54) is 0 Å². The van der Waals surface area contributed by atoms with E-state index in [4.69, 9.17) is 27.1 Å². The second kappa shape index (κ2) is 12.0. The smallest absolute Gasteiger partial charge is 0.242 e. The number of fused-ring (bicyclic) bond motifs is 3. The first-order valence-corrected chi connectivity index (χ1v) is 13.3. The Morgan fingerprint density at radius 2 is 1.76 bits per heavy atom. The lowest BCUT2D eigenvalue weighted by Gasteiger charge is -2.27. The molecule has 8 nitrogen and oxygen atoms in total. The van der Waals surface area contributed by atoms with Crippen LogP contribution in [0.25, 0.3) is 21.8 Å². The highest BCUT2D eigenvalue weighted by Crippen LogP contribution is 2.31. The summed E-state index contributed by atoms with van der Waals surface area (Å²) in [5.41, 5.74) is 9.59. The van der Waals surface area contributed by atoms with Crippen LogP contribution in [0.1, 0.15) is 24.2 Å². The first-order chi connectivity index (χ1) is 18.2. The standard InChI is InChI=1S/C28H33ClN6O2/c29-23-7-5-11-31-24(23)18-33(13-4-3-10-30)19-25-28-22(9-12-32-25)21-6-1-2-8-26(21)35(28)20-27(36)34-14-16-37-17-15-34/h1-2,5-9,11-12H,3-4,10,13-20,30H2. The molecule has 4 aromatic rings. The van der Waals surface area contributed by atoms with Crippen molar-refractivity contribution in [1.82, 2.24) is 24.3 Å². The normalized spacial score (nSPS) is 14.2. The molecule has 0 spiro atoms. The van der Waals surface area contributed by atoms with Crippen molar-refractivity contribution in [3.63, 3.8) is 0 Å². The highest BCUT2D eigenvalue weighted by Gasteiger charge is 2.22. The summed E-state index contributed by atoms with van der Waals surface area (Å²) in [7, 11) is 0. The largest absolute Gasteiger partial charge is 0.378 e. The number of carbonyl (C=O) groups is 1. The van der Waals surface area contributed by atoms with Crippen LogP contribution < -0.4 is 5.73 Å². The number of nitrogens with zero attached hydrogens (tertiary/aromatic N) is 5. The molecule has 4 heterocycles. The maximum absolute atomic E-state index is 13.3. The van der Waals surface area contributed by atoms with E-state index in [-0.39, 0.29) is 12.5 Å². The Hall–Kier alpha value is -3.04. The minimum Gasteiger partial charge on any atom is -0.378 e. The van der Waals surface area contributed by atoms with E-state index in [2.05, 4.69) is 26.6 Å². The molecule has 37 heavy (non-hydrogen) atoms. The fourth-order valence-corrected chi connectivity index (χ4v) is 5.23. The van der Waals surface area contributed by atoms with E-state index < -0.39 is 0 Å². The molecule has 3 aromatic heterocycles. The molecule has 0 atom stereocenters. The fraction of sp³-hybridized carbons (Fsp3) is 0.393. The number of para-hydroxylation sites is 1. The SMILES string of the molecule is NCCCCN(Cc1ncccc1Cl)Cc1nccc2c3ccccc3n(CC(=O)N3CCOCC3)c12. The monoisotopic (exact) mass is 520 g/mol. The van der Waals surface area contributed by atoms with Crippen molar-refractivity contribution in [1.29, 1.82) is 0 Å². The van der Waals surface area contributed by atoms with Gasteiger partial charge in [-0.25, -0.2) is 0 Å². The summed E-state index contributed by atoms with van der Waals surface area (Å²) in [5, 5.41) is 2.88. The molecule has 1 aromatic carbocycles. The van der Waals surface area contributed by atoms with Gasteiger partial charge in [-0.15, -0.1) is 0 Å². The molecule has 1 fully saturated rings. The minimum absolute atomic E-state index is 0.0980. The first kappa shape index (κ1) is 25.6. The Bertz CT molecular complexity index is 1370. The number of unbranched alkanes of at least 4 members (excludes halogenated alkanes) is 1. The summed E-state index contributed by atoms with van der Waals surface area (Å²) >= 11 is 6.46. The van der Waals surface area contributed by atoms with Gasteiger partial charge in [-0.05, 0) is 50.2 Å². The lowest BCUT2D eigenvalue weighted by Crippen LogP contribution is -2.42. The van der Waals surface area contributed by atoms with E-state index in [9.17, 15) is 4.79 Å². The van der Waals surface area contributed by atoms with Gasteiger partial charge in [-0.3, -0.25) is 19.7 Å². The van der Waals surface area contributed by atoms with Crippen molar-refractivity contribution in [2.45, 2.75) is 32.5 Å². The van der Waals surface area contributed by atoms with E-state index >= 15 is 0 Å². The Morgan fingerprint density at radius 3 is 2.57 bits per heavy atom. The summed E-state index contributed by atoms with van der Waals surface area (Å²) < 4.78 is 7.58. The molecule has 1 amide bonds. The third-order valence-electron chi connectivity index (χ3n) is 6.92. The van der Waals surface area contributed by atoms with Crippen molar-refractivity contribution >= 4 is 39.3 Å². The molecule has 5 rings (SSSR count). The number of morpholine rings is 1. The van der Waals surface area contributed by atoms with Crippen LogP contribution >= 0.6 is 11.6 Å². The van der Waals surface area contributed by atoms with Crippen molar-refractivity contribution in [2.75, 3.05) is 39.4 Å². The highest BCUT2D eigenvalue weighted by molar-refractivity contribution is 6.31. The number of nitrogens with two attached hydrogens (primary N) is 1. The molecule has 1 aliphatic heterocycles. The number of aromatic nitrogens is 3. The second-order valence-corrected chi connectivity index (χ2v) is 9.80. The van der Waals surface area contributed by atoms with Crippen molar-refractivity contribution in [3.8, 4) is 0 Å². The van der Waals surface area contributed by atoms with Gasteiger partial charge in [0.05, 0.1) is 35.1 Å². The van der Waals surface area contributed by atoms with Gasteiger partial charge in [0.25, 0.3) is 0 Å². The van der Waals surface area contributed by atoms with E-state index in [1.54, 1.807) is 6.20 Å². The van der Waals surface area contributed by atoms with Crippen LogP contribution in [0.5, 0.6) is 0 Å². The maximum atomic E-state index is 13.3. The number of benzene rings is 1. The molecular formula is C28H33ClN6O2. The summed E-state index contributed by atoms with van der Waals surface area (Å²) in [6.07, 6.45) is 5.55. The average molecular weight is 521 g/mol. The second-order valence-electron chi connectivity index (χ2n) is 9.39. The lowest BCUT2D eigenvalue weighted by atomic mass is 10.1. The maximum Gasteiger partial charge on any atom is 0.242 e. The molecule has 1 aliphatic rings. The number of halogens is 1. The Labute approximate surface area is 222 Å². The molecule has 0 radical (unpaired) electrons. The minimum atomic E-state index is 0.0980.